The van der Waals surface area contributed by atoms with E-state index in [2.05, 4.69) is 20.4 Å². The number of hydrogen-bond donors (Lipinski definition) is 0. The third-order valence-electron chi connectivity index (χ3n) is 5.59. The van der Waals surface area contributed by atoms with Crippen LogP contribution in [0.1, 0.15) is 45.6 Å². The van der Waals surface area contributed by atoms with Crippen LogP contribution < -0.4 is 0 Å². The summed E-state index contributed by atoms with van der Waals surface area (Å²) in [7, 11) is 0. The Hall–Kier alpha value is -1.73. The zero-order valence-corrected chi connectivity index (χ0v) is 17.6. The van der Waals surface area contributed by atoms with E-state index in [9.17, 15) is 4.79 Å². The lowest BCUT2D eigenvalue weighted by molar-refractivity contribution is -0.216. The molecule has 0 radical (unpaired) electrons. The molecule has 2 aliphatic heterocycles. The van der Waals surface area contributed by atoms with E-state index in [1.165, 1.54) is 0 Å². The van der Waals surface area contributed by atoms with Crippen molar-refractivity contribution in [3.8, 4) is 0 Å². The van der Waals surface area contributed by atoms with Crippen LogP contribution in [-0.4, -0.2) is 49.4 Å². The molecule has 0 amide bonds. The number of esters is 1. The summed E-state index contributed by atoms with van der Waals surface area (Å²) in [4.78, 5) is 12.0. The third-order valence-corrected chi connectivity index (χ3v) is 5.59. The smallest absolute Gasteiger partial charge is 0.333 e. The van der Waals surface area contributed by atoms with Gasteiger partial charge in [0.15, 0.2) is 5.79 Å². The van der Waals surface area contributed by atoms with E-state index < -0.39 is 11.8 Å². The van der Waals surface area contributed by atoms with E-state index in [-0.39, 0.29) is 24.4 Å². The number of carbonyl (C=O) groups excluding carboxylic acids is 1. The van der Waals surface area contributed by atoms with Crippen LogP contribution in [0.4, 0.5) is 0 Å². The van der Waals surface area contributed by atoms with Gasteiger partial charge in [-0.15, -0.1) is 0 Å². The molecule has 2 heterocycles. The van der Waals surface area contributed by atoms with Gasteiger partial charge in [-0.3, -0.25) is 0 Å². The topological polar surface area (TPSA) is 63.2 Å². The second kappa shape index (κ2) is 9.85. The van der Waals surface area contributed by atoms with Gasteiger partial charge in [-0.25, -0.2) is 4.79 Å². The molecular formula is C23H32O6. The van der Waals surface area contributed by atoms with Crippen LogP contribution in [0.3, 0.4) is 0 Å². The zero-order valence-electron chi connectivity index (χ0n) is 17.6. The highest BCUT2D eigenvalue weighted by Gasteiger charge is 2.57. The lowest BCUT2D eigenvalue weighted by Gasteiger charge is -2.29. The molecule has 1 aromatic carbocycles. The van der Waals surface area contributed by atoms with Gasteiger partial charge < -0.3 is 23.7 Å². The van der Waals surface area contributed by atoms with Crippen molar-refractivity contribution in [3.05, 3.63) is 48.0 Å². The second-order valence-corrected chi connectivity index (χ2v) is 7.52. The summed E-state index contributed by atoms with van der Waals surface area (Å²) in [5.74, 6) is -1.01. The maximum Gasteiger partial charge on any atom is 0.333 e. The van der Waals surface area contributed by atoms with Gasteiger partial charge in [0, 0.05) is 12.0 Å². The number of fused-ring (bicyclic) bond motifs is 1. The molecule has 2 aliphatic rings. The average molecular weight is 405 g/mol. The molecule has 0 aromatic heterocycles. The molecule has 1 aromatic rings. The number of carbonyl (C=O) groups is 1. The Kier molecular flexibility index (Phi) is 7.46. The summed E-state index contributed by atoms with van der Waals surface area (Å²) >= 11 is 0. The van der Waals surface area contributed by atoms with Gasteiger partial charge in [-0.05, 0) is 25.3 Å². The lowest BCUT2D eigenvalue weighted by Crippen LogP contribution is -2.35. The molecule has 0 unspecified atom stereocenters. The predicted octanol–water partition coefficient (Wildman–Crippen LogP) is 3.78. The number of rotatable bonds is 10. The third kappa shape index (κ3) is 5.07. The van der Waals surface area contributed by atoms with Gasteiger partial charge in [0.2, 0.25) is 0 Å². The fourth-order valence-electron chi connectivity index (χ4n) is 3.92. The first-order valence-electron chi connectivity index (χ1n) is 10.5. The van der Waals surface area contributed by atoms with Crippen LogP contribution in [-0.2, 0) is 35.1 Å². The van der Waals surface area contributed by atoms with Gasteiger partial charge in [0.05, 0.1) is 25.9 Å². The quantitative estimate of drug-likeness (QED) is 0.437. The Morgan fingerprint density at radius 2 is 1.72 bits per heavy atom. The van der Waals surface area contributed by atoms with Crippen LogP contribution in [0, 0.1) is 0 Å². The van der Waals surface area contributed by atoms with Crippen molar-refractivity contribution < 1.29 is 28.5 Å². The molecule has 4 atom stereocenters. The number of hydrogen-bond acceptors (Lipinski definition) is 6. The predicted molar refractivity (Wildman–Crippen MR) is 108 cm³/mol. The van der Waals surface area contributed by atoms with Crippen LogP contribution in [0.5, 0.6) is 0 Å². The molecule has 0 aliphatic carbocycles. The molecule has 0 bridgehead atoms. The summed E-state index contributed by atoms with van der Waals surface area (Å²) in [6.07, 6.45) is 0.782. The minimum absolute atomic E-state index is 0.231. The summed E-state index contributed by atoms with van der Waals surface area (Å²) in [6.45, 7) is 11.0. The van der Waals surface area contributed by atoms with Crippen molar-refractivity contribution in [2.24, 2.45) is 0 Å². The van der Waals surface area contributed by atoms with Gasteiger partial charge in [-0.2, -0.15) is 0 Å². The van der Waals surface area contributed by atoms with Gasteiger partial charge in [-0.1, -0.05) is 50.8 Å². The summed E-state index contributed by atoms with van der Waals surface area (Å²) in [5.41, 5.74) is 1.49. The number of benzene rings is 1. The molecule has 6 nitrogen and oxygen atoms in total. The SMILES string of the molecule is C=C(C[C@@H]1O[C@H](COCc2ccccc2)[C@H]2OC(CC)(CC)O[C@H]21)C(=O)OCC. The van der Waals surface area contributed by atoms with Crippen LogP contribution in [0.15, 0.2) is 42.5 Å². The maximum atomic E-state index is 12.0. The highest BCUT2D eigenvalue weighted by atomic mass is 16.8. The molecule has 29 heavy (non-hydrogen) atoms. The van der Waals surface area contributed by atoms with Gasteiger partial charge in [0.1, 0.15) is 18.3 Å². The van der Waals surface area contributed by atoms with Crippen molar-refractivity contribution in [2.75, 3.05) is 13.2 Å². The van der Waals surface area contributed by atoms with Crippen LogP contribution in [0.2, 0.25) is 0 Å². The van der Waals surface area contributed by atoms with E-state index in [0.29, 0.717) is 31.8 Å². The maximum absolute atomic E-state index is 12.0. The molecule has 0 N–H and O–H groups in total. The monoisotopic (exact) mass is 404 g/mol. The summed E-state index contributed by atoms with van der Waals surface area (Å²) in [6, 6.07) is 10.0. The first-order valence-corrected chi connectivity index (χ1v) is 10.5. The fraction of sp³-hybridized carbons (Fsp3) is 0.609. The van der Waals surface area contributed by atoms with Crippen molar-refractivity contribution >= 4 is 5.97 Å². The van der Waals surface area contributed by atoms with E-state index in [0.717, 1.165) is 18.4 Å². The molecule has 6 heteroatoms. The summed E-state index contributed by atoms with van der Waals surface area (Å²) < 4.78 is 29.8. The average Bonchev–Trinajstić information content (AvgIpc) is 3.26. The van der Waals surface area contributed by atoms with Crippen molar-refractivity contribution in [2.45, 2.75) is 76.8 Å². The second-order valence-electron chi connectivity index (χ2n) is 7.52. The molecule has 2 fully saturated rings. The van der Waals surface area contributed by atoms with E-state index >= 15 is 0 Å². The lowest BCUT2D eigenvalue weighted by atomic mass is 10.0. The van der Waals surface area contributed by atoms with Gasteiger partial charge in [0.25, 0.3) is 0 Å². The fourth-order valence-corrected chi connectivity index (χ4v) is 3.92. The number of ether oxygens (including phenoxy) is 5. The first-order chi connectivity index (χ1) is 14.0. The normalized spacial score (nSPS) is 27.6. The Morgan fingerprint density at radius 1 is 1.07 bits per heavy atom. The van der Waals surface area contributed by atoms with Gasteiger partial charge >= 0.3 is 5.97 Å². The highest BCUT2D eigenvalue weighted by Crippen LogP contribution is 2.43. The Bertz CT molecular complexity index is 684. The Morgan fingerprint density at radius 3 is 2.34 bits per heavy atom. The van der Waals surface area contributed by atoms with Crippen LogP contribution >= 0.6 is 0 Å². The zero-order chi connectivity index (χ0) is 20.9. The van der Waals surface area contributed by atoms with Crippen molar-refractivity contribution in [3.63, 3.8) is 0 Å². The molecule has 0 spiro atoms. The molecule has 160 valence electrons. The first kappa shape index (κ1) is 22.0. The Balaban J connectivity index is 1.65. The van der Waals surface area contributed by atoms with E-state index in [4.69, 9.17) is 23.7 Å². The van der Waals surface area contributed by atoms with Crippen LogP contribution in [0.25, 0.3) is 0 Å². The molecule has 3 rings (SSSR count). The molecule has 0 saturated carbocycles. The van der Waals surface area contributed by atoms with Crippen molar-refractivity contribution in [1.29, 1.82) is 0 Å². The van der Waals surface area contributed by atoms with E-state index in [1.54, 1.807) is 6.92 Å². The Labute approximate surface area is 173 Å². The van der Waals surface area contributed by atoms with E-state index in [1.807, 2.05) is 30.3 Å². The molecule has 2 saturated heterocycles. The summed E-state index contributed by atoms with van der Waals surface area (Å²) in [5, 5.41) is 0. The largest absolute Gasteiger partial charge is 0.463 e. The minimum atomic E-state index is -0.611. The minimum Gasteiger partial charge on any atom is -0.463 e. The highest BCUT2D eigenvalue weighted by molar-refractivity contribution is 5.87. The standard InChI is InChI=1S/C23H32O6/c1-5-23(6-2)28-20-18(13-16(4)22(24)26-7-3)27-19(21(20)29-23)15-25-14-17-11-9-8-10-12-17/h8-12,18-21H,4-7,13-15H2,1-3H3/t18-,19+,20-,21+/m0/s1. The molecular weight excluding hydrogens is 372 g/mol. The van der Waals surface area contributed by atoms with Crippen molar-refractivity contribution in [1.82, 2.24) is 0 Å².